The molecule has 0 heterocycles. The van der Waals surface area contributed by atoms with E-state index < -0.39 is 7.92 Å². The van der Waals surface area contributed by atoms with E-state index in [1.54, 1.807) is 0 Å². The summed E-state index contributed by atoms with van der Waals surface area (Å²) in [5.41, 5.74) is 9.73. The first-order chi connectivity index (χ1) is 6.31. The number of fused-ring (bicyclic) bond motifs is 1. The van der Waals surface area contributed by atoms with Crippen LogP contribution in [0.15, 0.2) is 24.3 Å². The molecular weight excluding hydrogens is 175 g/mol. The van der Waals surface area contributed by atoms with Crippen LogP contribution in [-0.4, -0.2) is 0 Å². The molecule has 0 bridgehead atoms. The van der Waals surface area contributed by atoms with Gasteiger partial charge in [-0.25, -0.2) is 0 Å². The molecule has 0 saturated carbocycles. The predicted molar refractivity (Wildman–Crippen MR) is 58.9 cm³/mol. The molecule has 2 aliphatic rings. The van der Waals surface area contributed by atoms with Crippen LogP contribution < -0.4 is 0 Å². The first-order valence-corrected chi connectivity index (χ1v) is 4.95. The van der Waals surface area contributed by atoms with Crippen molar-refractivity contribution in [3.63, 3.8) is 0 Å². The Morgan fingerprint density at radius 2 is 1.08 bits per heavy atom. The maximum atomic E-state index is 4.89. The molecule has 0 fully saturated rings. The lowest BCUT2D eigenvalue weighted by atomic mass is 9.95. The maximum absolute atomic E-state index is 4.89. The molecule has 2 rings (SSSR count). The summed E-state index contributed by atoms with van der Waals surface area (Å²) in [6, 6.07) is 8.48. The third-order valence-corrected chi connectivity index (χ3v) is 2.38. The Labute approximate surface area is 80.1 Å². The van der Waals surface area contributed by atoms with E-state index >= 15 is 0 Å². The fourth-order valence-electron chi connectivity index (χ4n) is 0.774. The molecular formula is C12H7P. The second kappa shape index (κ2) is 4.38. The largest absolute Gasteiger partial charge is 0.126 e. The van der Waals surface area contributed by atoms with E-state index in [2.05, 4.69) is 41.3 Å². The molecule has 0 aromatic rings. The molecule has 0 atom stereocenters. The Bertz CT molecular complexity index is 352. The van der Waals surface area contributed by atoms with Gasteiger partial charge in [0.1, 0.15) is 7.92 Å². The highest BCUT2D eigenvalue weighted by molar-refractivity contribution is 7.72. The van der Waals surface area contributed by atoms with Gasteiger partial charge < -0.3 is 0 Å². The molecule has 0 saturated heterocycles. The van der Waals surface area contributed by atoms with E-state index in [-0.39, 0.29) is 0 Å². The van der Waals surface area contributed by atoms with Crippen LogP contribution in [0.2, 0.25) is 0 Å². The van der Waals surface area contributed by atoms with Gasteiger partial charge in [0.15, 0.2) is 0 Å². The van der Waals surface area contributed by atoms with E-state index in [0.717, 1.165) is 0 Å². The van der Waals surface area contributed by atoms with Crippen molar-refractivity contribution in [3.8, 4) is 47.4 Å². The molecule has 0 N–H and O–H groups in total. The minimum Gasteiger partial charge on any atom is -0.113 e. The average Bonchev–Trinajstić information content (AvgIpc) is 2.15. The normalized spacial score (nSPS) is 8.46. The fraction of sp³-hybridized carbons (Fsp3) is 0. The molecule has 0 aromatic heterocycles. The second-order valence-corrected chi connectivity index (χ2v) is 3.75. The van der Waals surface area contributed by atoms with E-state index in [0.29, 0.717) is 0 Å². The fourth-order valence-corrected chi connectivity index (χ4v) is 0.998. The second-order valence-electron chi connectivity index (χ2n) is 2.30. The van der Waals surface area contributed by atoms with Crippen molar-refractivity contribution >= 4 is 7.92 Å². The van der Waals surface area contributed by atoms with Crippen LogP contribution in [0.1, 0.15) is 0 Å². The highest BCUT2D eigenvalue weighted by Gasteiger charge is 2.03. The number of terminal acetylenes is 3. The van der Waals surface area contributed by atoms with E-state index in [9.17, 15) is 0 Å². The SMILES string of the molecule is C#CP(C#C)C#C.c1cc2ccc1-2. The van der Waals surface area contributed by atoms with Crippen molar-refractivity contribution in [2.45, 2.75) is 0 Å². The molecule has 2 aliphatic carbocycles. The van der Waals surface area contributed by atoms with Crippen LogP contribution in [0.3, 0.4) is 0 Å². The molecule has 0 radical (unpaired) electrons. The lowest BCUT2D eigenvalue weighted by molar-refractivity contribution is 1.55. The van der Waals surface area contributed by atoms with Gasteiger partial charge in [0, 0.05) is 0 Å². The molecule has 0 aliphatic heterocycles. The van der Waals surface area contributed by atoms with E-state index in [4.69, 9.17) is 19.3 Å². The molecule has 0 unspecified atom stereocenters. The lowest BCUT2D eigenvalue weighted by Gasteiger charge is -2.10. The average molecular weight is 182 g/mol. The van der Waals surface area contributed by atoms with Gasteiger partial charge in [0.25, 0.3) is 0 Å². The summed E-state index contributed by atoms with van der Waals surface area (Å²) in [5, 5.41) is 0. The first kappa shape index (κ1) is 9.42. The summed E-state index contributed by atoms with van der Waals surface area (Å²) < 4.78 is 0. The molecule has 0 spiro atoms. The van der Waals surface area contributed by atoms with Gasteiger partial charge in [-0.2, -0.15) is 0 Å². The van der Waals surface area contributed by atoms with Crippen molar-refractivity contribution in [2.24, 2.45) is 0 Å². The standard InChI is InChI=1S/C6H3P.C6H4/c1-4-7(5-2)6-3;1-2-6-4-3-5(1)6/h1-3H;1-4H. The number of benzene rings is 1. The van der Waals surface area contributed by atoms with Crippen molar-refractivity contribution in [1.29, 1.82) is 0 Å². The smallest absolute Gasteiger partial charge is 0.113 e. The summed E-state index contributed by atoms with van der Waals surface area (Å²) in [7, 11) is -0.971. The summed E-state index contributed by atoms with van der Waals surface area (Å²) in [6.45, 7) is 0. The third kappa shape index (κ3) is 2.13. The van der Waals surface area contributed by atoms with Crippen LogP contribution in [-0.2, 0) is 0 Å². The van der Waals surface area contributed by atoms with Crippen molar-refractivity contribution in [2.75, 3.05) is 0 Å². The zero-order valence-corrected chi connectivity index (χ0v) is 7.88. The van der Waals surface area contributed by atoms with Gasteiger partial charge in [-0.3, -0.25) is 0 Å². The van der Waals surface area contributed by atoms with Crippen LogP contribution in [0, 0.1) is 36.3 Å². The Balaban J connectivity index is 0.000000130. The topological polar surface area (TPSA) is 0 Å². The van der Waals surface area contributed by atoms with Gasteiger partial charge >= 0.3 is 0 Å². The minimum atomic E-state index is -0.971. The molecule has 0 nitrogen and oxygen atoms in total. The highest BCUT2D eigenvalue weighted by atomic mass is 31.1. The third-order valence-electron chi connectivity index (χ3n) is 1.61. The van der Waals surface area contributed by atoms with Gasteiger partial charge in [0.2, 0.25) is 0 Å². The monoisotopic (exact) mass is 182 g/mol. The predicted octanol–water partition coefficient (Wildman–Crippen LogP) is 2.91. The van der Waals surface area contributed by atoms with Crippen molar-refractivity contribution in [1.82, 2.24) is 0 Å². The number of hydrogen-bond donors (Lipinski definition) is 0. The van der Waals surface area contributed by atoms with Gasteiger partial charge in [-0.1, -0.05) is 41.3 Å². The molecule has 60 valence electrons. The highest BCUT2D eigenvalue weighted by Crippen LogP contribution is 2.29. The van der Waals surface area contributed by atoms with E-state index in [1.165, 1.54) is 11.1 Å². The molecule has 0 amide bonds. The summed E-state index contributed by atoms with van der Waals surface area (Å²) in [6.07, 6.45) is 14.7. The molecule has 1 heteroatoms. The Hall–Kier alpha value is -1.67. The molecule has 13 heavy (non-hydrogen) atoms. The lowest BCUT2D eigenvalue weighted by Crippen LogP contribution is -1.85. The van der Waals surface area contributed by atoms with Crippen LogP contribution >= 0.6 is 7.92 Å². The quantitative estimate of drug-likeness (QED) is 0.434. The summed E-state index contributed by atoms with van der Waals surface area (Å²) in [5.74, 6) is 0. The van der Waals surface area contributed by atoms with Gasteiger partial charge in [-0.15, -0.1) is 19.3 Å². The van der Waals surface area contributed by atoms with Crippen LogP contribution in [0.25, 0.3) is 11.1 Å². The van der Waals surface area contributed by atoms with E-state index in [1.807, 2.05) is 0 Å². The Morgan fingerprint density at radius 1 is 0.769 bits per heavy atom. The van der Waals surface area contributed by atoms with Crippen molar-refractivity contribution < 1.29 is 0 Å². The van der Waals surface area contributed by atoms with Gasteiger partial charge in [0.05, 0.1) is 0 Å². The van der Waals surface area contributed by atoms with Crippen LogP contribution in [0.4, 0.5) is 0 Å². The number of hydrogen-bond acceptors (Lipinski definition) is 0. The van der Waals surface area contributed by atoms with Crippen LogP contribution in [0.5, 0.6) is 0 Å². The Kier molecular flexibility index (Phi) is 3.17. The Morgan fingerprint density at radius 3 is 1.08 bits per heavy atom. The summed E-state index contributed by atoms with van der Waals surface area (Å²) >= 11 is 0. The minimum absolute atomic E-state index is 0.971. The van der Waals surface area contributed by atoms with Crippen molar-refractivity contribution in [3.05, 3.63) is 24.3 Å². The first-order valence-electron chi connectivity index (χ1n) is 3.61. The zero-order chi connectivity index (χ0) is 9.68. The molecule has 0 aromatic carbocycles. The zero-order valence-electron chi connectivity index (χ0n) is 6.99. The summed E-state index contributed by atoms with van der Waals surface area (Å²) in [4.78, 5) is 0. The van der Waals surface area contributed by atoms with Gasteiger partial charge in [-0.05, 0) is 11.1 Å². The number of rotatable bonds is 0. The maximum Gasteiger partial charge on any atom is 0.126 e.